The first-order valence-corrected chi connectivity index (χ1v) is 4.97. The van der Waals surface area contributed by atoms with Gasteiger partial charge in [0.15, 0.2) is 9.84 Å². The molecule has 0 aromatic heterocycles. The summed E-state index contributed by atoms with van der Waals surface area (Å²) < 4.78 is 22.5. The lowest BCUT2D eigenvalue weighted by atomic mass is 9.94. The molecule has 1 aromatic carbocycles. The zero-order valence-corrected chi connectivity index (χ0v) is 7.01. The minimum atomic E-state index is -3.16. The Morgan fingerprint density at radius 2 is 2.00 bits per heavy atom. The maximum atomic E-state index is 11.2. The largest absolute Gasteiger partial charge is 0.219 e. The van der Waals surface area contributed by atoms with Crippen LogP contribution in [0.3, 0.4) is 0 Å². The quantitative estimate of drug-likeness (QED) is 0.530. The number of hydrogen-bond acceptors (Lipinski definition) is 2. The van der Waals surface area contributed by atoms with Gasteiger partial charge in [0.05, 0.1) is 4.90 Å². The Balaban J connectivity index is 2.78. The van der Waals surface area contributed by atoms with E-state index in [4.69, 9.17) is 7.85 Å². The van der Waals surface area contributed by atoms with Crippen LogP contribution in [0.4, 0.5) is 0 Å². The summed E-state index contributed by atoms with van der Waals surface area (Å²) in [6.45, 7) is 0. The molecule has 0 bridgehead atoms. The number of rotatable bonds is 0. The summed E-state index contributed by atoms with van der Waals surface area (Å²) in [5.74, 6) is 0. The Labute approximate surface area is 72.2 Å². The molecule has 2 radical (unpaired) electrons. The number of sulfone groups is 1. The summed E-state index contributed by atoms with van der Waals surface area (Å²) in [7, 11) is 2.33. The fourth-order valence-electron chi connectivity index (χ4n) is 1.19. The monoisotopic (exact) mass is 176 g/mol. The summed E-state index contributed by atoms with van der Waals surface area (Å²) in [4.78, 5) is 0.344. The van der Waals surface area contributed by atoms with Crippen molar-refractivity contribution >= 4 is 29.2 Å². The van der Waals surface area contributed by atoms with E-state index < -0.39 is 9.84 Å². The summed E-state index contributed by atoms with van der Waals surface area (Å²) in [6, 6.07) is 4.76. The molecule has 2 rings (SSSR count). The average Bonchev–Trinajstić information content (AvgIpc) is 2.27. The Morgan fingerprint density at radius 1 is 1.25 bits per heavy atom. The van der Waals surface area contributed by atoms with Gasteiger partial charge in [0.1, 0.15) is 7.85 Å². The highest BCUT2D eigenvalue weighted by Gasteiger charge is 2.19. The molecule has 0 saturated carbocycles. The molecule has 0 atom stereocenters. The normalized spacial score (nSPS) is 17.7. The molecule has 0 saturated heterocycles. The highest BCUT2D eigenvalue weighted by Crippen LogP contribution is 2.24. The van der Waals surface area contributed by atoms with Crippen molar-refractivity contribution in [1.82, 2.24) is 0 Å². The van der Waals surface area contributed by atoms with Gasteiger partial charge in [-0.1, -0.05) is 17.6 Å². The van der Waals surface area contributed by atoms with Crippen molar-refractivity contribution in [3.63, 3.8) is 0 Å². The summed E-state index contributed by atoms with van der Waals surface area (Å²) in [5.41, 5.74) is 1.26. The first-order chi connectivity index (χ1) is 5.59. The van der Waals surface area contributed by atoms with Crippen LogP contribution in [0.25, 0.3) is 6.08 Å². The molecule has 1 heterocycles. The van der Waals surface area contributed by atoms with Crippen LogP contribution >= 0.6 is 0 Å². The summed E-state index contributed by atoms with van der Waals surface area (Å²) in [6.07, 6.45) is 1.56. The van der Waals surface area contributed by atoms with Crippen LogP contribution in [0.5, 0.6) is 0 Å². The SMILES string of the molecule is [B]c1ccc2c(c1)C=CS2(=O)=O. The first kappa shape index (κ1) is 7.62. The van der Waals surface area contributed by atoms with Crippen LogP contribution in [0, 0.1) is 0 Å². The second-order valence-corrected chi connectivity index (χ2v) is 4.45. The van der Waals surface area contributed by atoms with E-state index in [2.05, 4.69) is 0 Å². The van der Waals surface area contributed by atoms with Crippen LogP contribution in [-0.2, 0) is 9.84 Å². The van der Waals surface area contributed by atoms with Gasteiger partial charge in [-0.25, -0.2) is 8.42 Å². The molecule has 58 valence electrons. The van der Waals surface area contributed by atoms with Crippen LogP contribution in [0.1, 0.15) is 5.56 Å². The minimum Gasteiger partial charge on any atom is -0.219 e. The van der Waals surface area contributed by atoms with Gasteiger partial charge in [-0.15, -0.1) is 0 Å². The van der Waals surface area contributed by atoms with E-state index >= 15 is 0 Å². The highest BCUT2D eigenvalue weighted by molar-refractivity contribution is 7.94. The zero-order chi connectivity index (χ0) is 8.77. The Hall–Kier alpha value is -1.03. The number of fused-ring (bicyclic) bond motifs is 1. The van der Waals surface area contributed by atoms with Gasteiger partial charge in [-0.3, -0.25) is 0 Å². The third-order valence-electron chi connectivity index (χ3n) is 1.77. The van der Waals surface area contributed by atoms with Crippen molar-refractivity contribution in [2.24, 2.45) is 0 Å². The molecule has 0 fully saturated rings. The molecule has 4 heteroatoms. The lowest BCUT2D eigenvalue weighted by Gasteiger charge is -1.98. The number of benzene rings is 1. The smallest absolute Gasteiger partial charge is 0.200 e. The fraction of sp³-hybridized carbons (Fsp3) is 0. The molecule has 1 aliphatic rings. The van der Waals surface area contributed by atoms with Gasteiger partial charge in [0, 0.05) is 5.41 Å². The molecule has 0 amide bonds. The Morgan fingerprint density at radius 3 is 2.75 bits per heavy atom. The van der Waals surface area contributed by atoms with Crippen molar-refractivity contribution in [3.05, 3.63) is 29.2 Å². The third kappa shape index (κ3) is 0.993. The molecule has 1 aromatic rings. The van der Waals surface area contributed by atoms with E-state index in [1.165, 1.54) is 11.5 Å². The molecule has 0 spiro atoms. The van der Waals surface area contributed by atoms with Crippen LogP contribution in [0.15, 0.2) is 28.5 Å². The molecular weight excluding hydrogens is 171 g/mol. The van der Waals surface area contributed by atoms with Crippen LogP contribution in [0.2, 0.25) is 0 Å². The standard InChI is InChI=1S/C8H5BO2S/c9-7-1-2-8-6(5-7)3-4-12(8,10)11/h1-5H. The van der Waals surface area contributed by atoms with E-state index in [0.29, 0.717) is 15.9 Å². The summed E-state index contributed by atoms with van der Waals surface area (Å²) >= 11 is 0. The lowest BCUT2D eigenvalue weighted by Crippen LogP contribution is -2.03. The van der Waals surface area contributed by atoms with Crippen LogP contribution in [-0.4, -0.2) is 16.3 Å². The molecule has 1 aliphatic heterocycles. The molecule has 12 heavy (non-hydrogen) atoms. The third-order valence-corrected chi connectivity index (χ3v) is 3.25. The van der Waals surface area contributed by atoms with Gasteiger partial charge >= 0.3 is 0 Å². The average molecular weight is 176 g/mol. The van der Waals surface area contributed by atoms with Gasteiger partial charge in [-0.2, -0.15) is 0 Å². The maximum Gasteiger partial charge on any atom is 0.200 e. The second kappa shape index (κ2) is 2.23. The highest BCUT2D eigenvalue weighted by atomic mass is 32.2. The fourth-order valence-corrected chi connectivity index (χ4v) is 2.38. The number of hydrogen-bond donors (Lipinski definition) is 0. The lowest BCUT2D eigenvalue weighted by molar-refractivity contribution is 0.605. The van der Waals surface area contributed by atoms with Crippen molar-refractivity contribution < 1.29 is 8.42 Å². The van der Waals surface area contributed by atoms with Crippen molar-refractivity contribution in [2.45, 2.75) is 4.90 Å². The molecule has 0 aliphatic carbocycles. The first-order valence-electron chi connectivity index (χ1n) is 3.42. The molecule has 0 unspecified atom stereocenters. The Bertz CT molecular complexity index is 460. The van der Waals surface area contributed by atoms with E-state index in [0.717, 1.165) is 0 Å². The van der Waals surface area contributed by atoms with E-state index in [-0.39, 0.29) is 0 Å². The predicted octanol–water partition coefficient (Wildman–Crippen LogP) is 0.238. The zero-order valence-electron chi connectivity index (χ0n) is 6.19. The van der Waals surface area contributed by atoms with Gasteiger partial charge in [-0.05, 0) is 17.7 Å². The van der Waals surface area contributed by atoms with E-state index in [1.807, 2.05) is 0 Å². The maximum absolute atomic E-state index is 11.2. The molecular formula is C8H5BO2S. The Kier molecular flexibility index (Phi) is 1.42. The van der Waals surface area contributed by atoms with E-state index in [1.54, 1.807) is 18.2 Å². The van der Waals surface area contributed by atoms with E-state index in [9.17, 15) is 8.42 Å². The van der Waals surface area contributed by atoms with Gasteiger partial charge in [0.25, 0.3) is 0 Å². The van der Waals surface area contributed by atoms with Gasteiger partial charge < -0.3 is 0 Å². The van der Waals surface area contributed by atoms with Crippen molar-refractivity contribution in [1.29, 1.82) is 0 Å². The molecule has 2 nitrogen and oxygen atoms in total. The topological polar surface area (TPSA) is 34.1 Å². The predicted molar refractivity (Wildman–Crippen MR) is 48.0 cm³/mol. The van der Waals surface area contributed by atoms with Gasteiger partial charge in [0.2, 0.25) is 0 Å². The van der Waals surface area contributed by atoms with Crippen molar-refractivity contribution in [3.8, 4) is 0 Å². The second-order valence-electron chi connectivity index (χ2n) is 2.65. The van der Waals surface area contributed by atoms with Crippen LogP contribution < -0.4 is 5.46 Å². The summed E-state index contributed by atoms with van der Waals surface area (Å²) in [5, 5.41) is 1.19. The molecule has 0 N–H and O–H groups in total. The minimum absolute atomic E-state index is 0.344. The van der Waals surface area contributed by atoms with Crippen molar-refractivity contribution in [2.75, 3.05) is 0 Å².